The van der Waals surface area contributed by atoms with Gasteiger partial charge in [0.2, 0.25) is 0 Å². The minimum atomic E-state index is -0.196. The van der Waals surface area contributed by atoms with Gasteiger partial charge in [0, 0.05) is 45.3 Å². The molecule has 11 rings (SSSR count). The molecule has 0 fully saturated rings. The number of para-hydroxylation sites is 1. The van der Waals surface area contributed by atoms with Gasteiger partial charge in [0.25, 0.3) is 17.7 Å². The van der Waals surface area contributed by atoms with Crippen LogP contribution in [0.15, 0.2) is 127 Å². The largest absolute Gasteiger partial charge is 0.493 e. The number of rotatable bonds is 23. The van der Waals surface area contributed by atoms with Gasteiger partial charge in [-0.2, -0.15) is 28.8 Å². The van der Waals surface area contributed by atoms with Crippen molar-refractivity contribution in [2.75, 3.05) is 70.6 Å². The third-order valence-corrected chi connectivity index (χ3v) is 15.8. The van der Waals surface area contributed by atoms with Crippen molar-refractivity contribution in [3.8, 4) is 46.0 Å². The predicted molar refractivity (Wildman–Crippen MR) is 387 cm³/mol. The van der Waals surface area contributed by atoms with Gasteiger partial charge in [-0.15, -0.1) is 0 Å². The normalized spacial score (nSPS) is 12.0. The van der Waals surface area contributed by atoms with Crippen LogP contribution in [0.4, 0.5) is 17.1 Å². The van der Waals surface area contributed by atoms with Crippen LogP contribution in [0.25, 0.3) is 32.7 Å². The van der Waals surface area contributed by atoms with Gasteiger partial charge in [0.15, 0.2) is 23.0 Å². The Morgan fingerprint density at radius 3 is 1.34 bits per heavy atom. The highest BCUT2D eigenvalue weighted by molar-refractivity contribution is 5.99. The van der Waals surface area contributed by atoms with Crippen molar-refractivity contribution < 1.29 is 81.0 Å². The fraction of sp³-hybridized carbons (Fsp3) is 0.338. The standard InChI is InChI=1S/C26H33N3O4.C24H27N3O3.C23H25N3O4.3CO2.CH4/c1-5-7-13-32-22-12-11-18(15-24(22)31-4)26(30)29-19(6-2)16-33-23-10-8-9-21-25(23)20(27)14-17(3)28-21;1-3-17(27-24(28)18-9-4-7-16-8-6-12-29-23(16)18)14-30-21-11-5-10-20-22(21)19(25)13-15(2)26-20;1-3-16(26-23(27)15-7-8-19-21(12-15)29-10-9-28-19)13-30-20-6-4-5-18-22(20)17(24)11-14(2)25-18;3*2-1-3;/h8-12,14-15,19H,5-7,13,16H2,1-4H3,(H2,27,28)(H,29,30);4-5,7,9-11,13,17H,3,6,8,12,14H2,1-2H3,(H2,25,26)(H,27,28);4-8,11-12,16H,3,9-10,13H2,1-2H3,(H2,24,25)(H,26,27);;;;1H4. The molecule has 0 saturated heterocycles. The van der Waals surface area contributed by atoms with Crippen molar-refractivity contribution >= 4 is 85.9 Å². The molecule has 9 N–H and O–H groups in total. The zero-order valence-corrected chi connectivity index (χ0v) is 58.3. The van der Waals surface area contributed by atoms with Crippen molar-refractivity contribution in [2.45, 2.75) is 119 Å². The van der Waals surface area contributed by atoms with Crippen molar-refractivity contribution in [2.24, 2.45) is 0 Å². The molecule has 3 atom stereocenters. The van der Waals surface area contributed by atoms with E-state index in [0.29, 0.717) is 139 Å². The number of amides is 3. The average molecular weight is 1410 g/mol. The SMILES string of the molecule is C.CCC(COc1cccc2nc(C)cc(N)c12)NC(=O)c1ccc2c(c1)OCCO2.CCC(COc1cccc2nc(C)cc(N)c12)NC(=O)c1cccc2c1OCCC2.CCCCOc1ccc(C(=O)NC(CC)COc2cccc3nc(C)cc(N)c23)cc1OC.O=C=O.O=C=O.O=C=O. The zero-order valence-electron chi connectivity index (χ0n) is 58.3. The first-order chi connectivity index (χ1) is 49.3. The average Bonchev–Trinajstić information content (AvgIpc) is 0.826. The summed E-state index contributed by atoms with van der Waals surface area (Å²) < 4.78 is 46.2. The van der Waals surface area contributed by atoms with Crippen LogP contribution in [0.3, 0.4) is 0 Å². The minimum absolute atomic E-state index is 0. The lowest BCUT2D eigenvalue weighted by Crippen LogP contribution is -2.39. The Kier molecular flexibility index (Phi) is 33.3. The van der Waals surface area contributed by atoms with Gasteiger partial charge in [0.05, 0.1) is 76.7 Å². The third-order valence-electron chi connectivity index (χ3n) is 15.8. The monoisotopic (exact) mass is 1410 g/mol. The van der Waals surface area contributed by atoms with E-state index in [4.69, 9.17) is 83.9 Å². The van der Waals surface area contributed by atoms with E-state index >= 15 is 0 Å². The Labute approximate surface area is 597 Å². The zero-order chi connectivity index (χ0) is 74.1. The number of nitrogens with two attached hydrogens (primary N) is 3. The molecule has 3 amide bonds. The second-order valence-corrected chi connectivity index (χ2v) is 23.1. The molecular weight excluding hydrogens is 1320 g/mol. The number of aryl methyl sites for hydroxylation is 4. The summed E-state index contributed by atoms with van der Waals surface area (Å²) in [6, 6.07) is 38.2. The van der Waals surface area contributed by atoms with E-state index in [-0.39, 0.29) is 61.7 Å². The molecule has 0 bridgehead atoms. The van der Waals surface area contributed by atoms with Gasteiger partial charge in [-0.25, -0.2) is 0 Å². The number of carbonyl (C=O) groups excluding carboxylic acids is 9. The first kappa shape index (κ1) is 81.6. The maximum absolute atomic E-state index is 12.9. The van der Waals surface area contributed by atoms with Crippen molar-refractivity contribution in [3.05, 3.63) is 167 Å². The number of hydrogen-bond acceptors (Lipinski definition) is 23. The van der Waals surface area contributed by atoms with Crippen LogP contribution < -0.4 is 71.0 Å². The fourth-order valence-electron chi connectivity index (χ4n) is 10.8. The van der Waals surface area contributed by atoms with Crippen LogP contribution in [0, 0.1) is 20.8 Å². The number of nitrogens with one attached hydrogen (secondary N) is 3. The Bertz CT molecular complexity index is 4390. The van der Waals surface area contributed by atoms with E-state index in [1.807, 2.05) is 133 Å². The van der Waals surface area contributed by atoms with E-state index in [0.717, 1.165) is 87.5 Å². The smallest absolute Gasteiger partial charge is 0.373 e. The van der Waals surface area contributed by atoms with Crippen LogP contribution in [0.2, 0.25) is 0 Å². The number of anilines is 3. The molecule has 0 spiro atoms. The molecule has 3 unspecified atom stereocenters. The quantitative estimate of drug-likeness (QED) is 0.0324. The summed E-state index contributed by atoms with van der Waals surface area (Å²) in [5, 5.41) is 11.5. The van der Waals surface area contributed by atoms with E-state index < -0.39 is 0 Å². The van der Waals surface area contributed by atoms with Crippen molar-refractivity contribution in [1.29, 1.82) is 0 Å². The molecule has 3 aromatic heterocycles. The lowest BCUT2D eigenvalue weighted by Gasteiger charge is -2.22. The highest BCUT2D eigenvalue weighted by atomic mass is 16.6. The number of unbranched alkanes of at least 4 members (excludes halogenated alkanes) is 1. The van der Waals surface area contributed by atoms with Gasteiger partial charge < -0.3 is 71.0 Å². The van der Waals surface area contributed by atoms with Crippen molar-refractivity contribution in [3.63, 3.8) is 0 Å². The van der Waals surface area contributed by atoms with Crippen LogP contribution in [-0.2, 0) is 35.2 Å². The summed E-state index contributed by atoms with van der Waals surface area (Å²) in [7, 11) is 1.57. The van der Waals surface area contributed by atoms with Crippen LogP contribution in [0.5, 0.6) is 46.0 Å². The Balaban J connectivity index is 0.000000261. The highest BCUT2D eigenvalue weighted by Gasteiger charge is 2.24. The number of hydrogen-bond donors (Lipinski definition) is 6. The van der Waals surface area contributed by atoms with Crippen LogP contribution in [0.1, 0.15) is 127 Å². The number of benzene rings is 6. The summed E-state index contributed by atoms with van der Waals surface area (Å²) in [6.45, 7) is 17.1. The number of fused-ring (bicyclic) bond motifs is 5. The second-order valence-electron chi connectivity index (χ2n) is 23.1. The molecule has 26 nitrogen and oxygen atoms in total. The molecule has 103 heavy (non-hydrogen) atoms. The molecule has 2 aliphatic rings. The van der Waals surface area contributed by atoms with Crippen LogP contribution in [-0.4, -0.2) is 123 Å². The number of aromatic nitrogens is 3. The lowest BCUT2D eigenvalue weighted by atomic mass is 10.0. The van der Waals surface area contributed by atoms with Gasteiger partial charge >= 0.3 is 18.5 Å². The predicted octanol–water partition coefficient (Wildman–Crippen LogP) is 11.3. The van der Waals surface area contributed by atoms with Crippen LogP contribution >= 0.6 is 0 Å². The number of nitrogen functional groups attached to an aromatic ring is 3. The number of pyridine rings is 3. The summed E-state index contributed by atoms with van der Waals surface area (Å²) in [6.07, 6.45) is 6.83. The third kappa shape index (κ3) is 23.5. The Hall–Kier alpha value is -12.1. The van der Waals surface area contributed by atoms with Gasteiger partial charge in [-0.05, 0) is 162 Å². The summed E-state index contributed by atoms with van der Waals surface area (Å²) in [4.78, 5) is 101. The summed E-state index contributed by atoms with van der Waals surface area (Å²) in [5.74, 6) is 4.59. The first-order valence-electron chi connectivity index (χ1n) is 33.0. The van der Waals surface area contributed by atoms with E-state index in [9.17, 15) is 14.4 Å². The topological polar surface area (TPSA) is 380 Å². The highest BCUT2D eigenvalue weighted by Crippen LogP contribution is 2.36. The number of nitrogens with zero attached hydrogens (tertiary/aromatic N) is 3. The summed E-state index contributed by atoms with van der Waals surface area (Å²) >= 11 is 0. The maximum atomic E-state index is 12.9. The molecule has 2 aliphatic heterocycles. The summed E-state index contributed by atoms with van der Waals surface area (Å²) in [5.41, 5.74) is 28.2. The molecule has 0 saturated carbocycles. The van der Waals surface area contributed by atoms with E-state index in [2.05, 4.69) is 37.8 Å². The molecule has 5 heterocycles. The molecule has 544 valence electrons. The molecule has 6 aromatic carbocycles. The Morgan fingerprint density at radius 2 is 0.903 bits per heavy atom. The molecule has 0 radical (unpaired) electrons. The maximum Gasteiger partial charge on any atom is 0.373 e. The lowest BCUT2D eigenvalue weighted by molar-refractivity contribution is -0.193. The molecule has 26 heteroatoms. The fourth-order valence-corrected chi connectivity index (χ4v) is 10.8. The van der Waals surface area contributed by atoms with E-state index in [1.54, 1.807) is 43.5 Å². The first-order valence-corrected chi connectivity index (χ1v) is 33.0. The van der Waals surface area contributed by atoms with E-state index in [1.165, 1.54) is 0 Å². The molecular formula is C77H89N9O17. The Morgan fingerprint density at radius 1 is 0.485 bits per heavy atom. The van der Waals surface area contributed by atoms with Gasteiger partial charge in [0.1, 0.15) is 56.0 Å². The van der Waals surface area contributed by atoms with Gasteiger partial charge in [-0.1, -0.05) is 71.9 Å². The van der Waals surface area contributed by atoms with Gasteiger partial charge in [-0.3, -0.25) is 29.3 Å². The number of carbonyl (C=O) groups is 3. The minimum Gasteiger partial charge on any atom is -0.493 e. The number of methoxy groups -OCH3 is 1. The number of ether oxygens (including phenoxy) is 8. The molecule has 0 aliphatic carbocycles. The molecule has 9 aromatic rings. The second kappa shape index (κ2) is 42.1. The van der Waals surface area contributed by atoms with Crippen molar-refractivity contribution in [1.82, 2.24) is 30.9 Å².